The smallest absolute Gasteiger partial charge is 0.227 e. The Bertz CT molecular complexity index is 913. The van der Waals surface area contributed by atoms with E-state index in [0.717, 1.165) is 41.2 Å². The van der Waals surface area contributed by atoms with Crippen molar-refractivity contribution in [2.24, 2.45) is 11.3 Å². The predicted molar refractivity (Wildman–Crippen MR) is 113 cm³/mol. The highest BCUT2D eigenvalue weighted by molar-refractivity contribution is 6.01. The number of carbonyl (C=O) groups excluding carboxylic acids is 2. The van der Waals surface area contributed by atoms with Crippen molar-refractivity contribution in [3.63, 3.8) is 0 Å². The van der Waals surface area contributed by atoms with Crippen molar-refractivity contribution in [2.45, 2.75) is 67.0 Å². The fraction of sp³-hybridized carbons (Fsp3) is 0.565. The molecule has 0 spiro atoms. The molecule has 156 valence electrons. The van der Waals surface area contributed by atoms with Gasteiger partial charge < -0.3 is 9.47 Å². The fourth-order valence-corrected chi connectivity index (χ4v) is 4.26. The summed E-state index contributed by atoms with van der Waals surface area (Å²) in [7, 11) is 1.78. The lowest BCUT2D eigenvalue weighted by molar-refractivity contribution is -0.129. The summed E-state index contributed by atoms with van der Waals surface area (Å²) in [6.45, 7) is 12.0. The van der Waals surface area contributed by atoms with Crippen molar-refractivity contribution in [3.8, 4) is 0 Å². The number of Topliss-reactive ketones (excluding diaryl/α,β-unsaturated/α-hetero) is 1. The zero-order valence-corrected chi connectivity index (χ0v) is 18.5. The molecule has 0 saturated heterocycles. The maximum atomic E-state index is 13.1. The number of aromatic nitrogens is 3. The molecule has 0 aromatic carbocycles. The lowest BCUT2D eigenvalue weighted by Gasteiger charge is -2.30. The van der Waals surface area contributed by atoms with Crippen LogP contribution >= 0.6 is 0 Å². The van der Waals surface area contributed by atoms with Crippen LogP contribution in [0.25, 0.3) is 0 Å². The Morgan fingerprint density at radius 1 is 1.31 bits per heavy atom. The van der Waals surface area contributed by atoms with E-state index in [2.05, 4.69) is 42.2 Å². The second-order valence-electron chi connectivity index (χ2n) is 9.46. The molecule has 3 rings (SSSR count). The van der Waals surface area contributed by atoms with Gasteiger partial charge in [0.15, 0.2) is 5.78 Å². The van der Waals surface area contributed by atoms with E-state index in [0.29, 0.717) is 18.9 Å². The first-order valence-electron chi connectivity index (χ1n) is 10.3. The fourth-order valence-electron chi connectivity index (χ4n) is 4.26. The van der Waals surface area contributed by atoms with E-state index in [-0.39, 0.29) is 23.5 Å². The molecular weight excluding hydrogens is 364 g/mol. The van der Waals surface area contributed by atoms with Gasteiger partial charge in [-0.1, -0.05) is 27.7 Å². The number of nitrogens with zero attached hydrogens (tertiary/aromatic N) is 4. The second-order valence-corrected chi connectivity index (χ2v) is 9.46. The van der Waals surface area contributed by atoms with E-state index < -0.39 is 0 Å². The van der Waals surface area contributed by atoms with Gasteiger partial charge in [-0.25, -0.2) is 9.97 Å². The zero-order chi connectivity index (χ0) is 21.3. The molecule has 6 heteroatoms. The number of hydrogen-bond acceptors (Lipinski definition) is 4. The first-order valence-corrected chi connectivity index (χ1v) is 10.3. The van der Waals surface area contributed by atoms with Crippen LogP contribution in [0.15, 0.2) is 18.6 Å². The molecular formula is C23H32N4O2. The molecule has 6 nitrogen and oxygen atoms in total. The van der Waals surface area contributed by atoms with E-state index in [1.54, 1.807) is 18.1 Å². The summed E-state index contributed by atoms with van der Waals surface area (Å²) in [5.41, 5.74) is 4.61. The van der Waals surface area contributed by atoms with Gasteiger partial charge >= 0.3 is 0 Å². The van der Waals surface area contributed by atoms with E-state index >= 15 is 0 Å². The maximum Gasteiger partial charge on any atom is 0.227 e. The Kier molecular flexibility index (Phi) is 5.92. The predicted octanol–water partition coefficient (Wildman–Crippen LogP) is 3.60. The minimum atomic E-state index is -0.0469. The van der Waals surface area contributed by atoms with E-state index in [9.17, 15) is 9.59 Å². The van der Waals surface area contributed by atoms with Crippen LogP contribution in [-0.2, 0) is 30.7 Å². The van der Waals surface area contributed by atoms with Gasteiger partial charge in [0.1, 0.15) is 6.33 Å². The van der Waals surface area contributed by atoms with Crippen LogP contribution in [0.3, 0.4) is 0 Å². The number of rotatable bonds is 6. The summed E-state index contributed by atoms with van der Waals surface area (Å²) in [6.07, 6.45) is 4.80. The number of likely N-dealkylation sites (N-methyl/N-ethyl adjacent to an activating group) is 1. The highest BCUT2D eigenvalue weighted by Crippen LogP contribution is 2.39. The summed E-state index contributed by atoms with van der Waals surface area (Å²) in [4.78, 5) is 35.8. The van der Waals surface area contributed by atoms with Crippen LogP contribution in [-0.4, -0.2) is 38.2 Å². The van der Waals surface area contributed by atoms with Crippen LogP contribution in [0.4, 0.5) is 0 Å². The Balaban J connectivity index is 1.92. The monoisotopic (exact) mass is 396 g/mol. The van der Waals surface area contributed by atoms with Crippen molar-refractivity contribution in [1.29, 1.82) is 0 Å². The van der Waals surface area contributed by atoms with E-state index in [1.165, 1.54) is 6.33 Å². The van der Waals surface area contributed by atoms with Crippen molar-refractivity contribution < 1.29 is 9.59 Å². The largest absolute Gasteiger partial charge is 0.348 e. The van der Waals surface area contributed by atoms with Gasteiger partial charge in [0.25, 0.3) is 0 Å². The molecule has 0 fully saturated rings. The SMILES string of the molecule is Cc1c(CC(=O)N(C)Cc2ccncn2)c2c(n1CC(C)C)CC(C)(C)CC2=O. The van der Waals surface area contributed by atoms with Crippen LogP contribution in [0.2, 0.25) is 0 Å². The molecule has 29 heavy (non-hydrogen) atoms. The molecule has 1 aliphatic rings. The highest BCUT2D eigenvalue weighted by atomic mass is 16.2. The van der Waals surface area contributed by atoms with Gasteiger partial charge in [-0.2, -0.15) is 0 Å². The summed E-state index contributed by atoms with van der Waals surface area (Å²) < 4.78 is 2.28. The third-order valence-corrected chi connectivity index (χ3v) is 5.67. The van der Waals surface area contributed by atoms with Gasteiger partial charge in [-0.3, -0.25) is 9.59 Å². The number of ketones is 1. The Hall–Kier alpha value is -2.50. The van der Waals surface area contributed by atoms with Gasteiger partial charge in [-0.15, -0.1) is 0 Å². The van der Waals surface area contributed by atoms with Crippen LogP contribution < -0.4 is 0 Å². The molecule has 2 heterocycles. The van der Waals surface area contributed by atoms with Crippen LogP contribution in [0.1, 0.15) is 67.1 Å². The van der Waals surface area contributed by atoms with Crippen LogP contribution in [0.5, 0.6) is 0 Å². The Labute approximate surface area is 173 Å². The molecule has 2 aromatic heterocycles. The summed E-state index contributed by atoms with van der Waals surface area (Å²) in [6, 6.07) is 1.81. The topological polar surface area (TPSA) is 68.1 Å². The zero-order valence-electron chi connectivity index (χ0n) is 18.5. The average molecular weight is 397 g/mol. The molecule has 0 saturated carbocycles. The number of amides is 1. The number of carbonyl (C=O) groups is 2. The average Bonchev–Trinajstić information content (AvgIpc) is 2.86. The molecule has 2 aromatic rings. The van der Waals surface area contributed by atoms with Gasteiger partial charge in [0, 0.05) is 43.2 Å². The third kappa shape index (κ3) is 4.57. The molecule has 0 bridgehead atoms. The Morgan fingerprint density at radius 3 is 2.66 bits per heavy atom. The van der Waals surface area contributed by atoms with Gasteiger partial charge in [-0.05, 0) is 36.3 Å². The number of fused-ring (bicyclic) bond motifs is 1. The molecule has 0 radical (unpaired) electrons. The lowest BCUT2D eigenvalue weighted by atomic mass is 9.75. The maximum absolute atomic E-state index is 13.1. The first kappa shape index (κ1) is 21.2. The van der Waals surface area contributed by atoms with Crippen molar-refractivity contribution >= 4 is 11.7 Å². The normalized spacial score (nSPS) is 15.5. The Morgan fingerprint density at radius 2 is 2.03 bits per heavy atom. The minimum absolute atomic E-state index is 0.00570. The van der Waals surface area contributed by atoms with Gasteiger partial charge in [0.05, 0.1) is 18.7 Å². The van der Waals surface area contributed by atoms with Crippen molar-refractivity contribution in [3.05, 3.63) is 46.8 Å². The van der Waals surface area contributed by atoms with E-state index in [4.69, 9.17) is 0 Å². The van der Waals surface area contributed by atoms with Crippen molar-refractivity contribution in [1.82, 2.24) is 19.4 Å². The molecule has 0 N–H and O–H groups in total. The molecule has 1 amide bonds. The molecule has 1 aliphatic carbocycles. The standard InChI is InChI=1S/C23H32N4O2/c1-15(2)12-27-16(3)18(22-19(27)10-23(4,5)11-20(22)28)9-21(29)26(6)13-17-7-8-24-14-25-17/h7-8,14-15H,9-13H2,1-6H3. The summed E-state index contributed by atoms with van der Waals surface area (Å²) in [5, 5.41) is 0. The van der Waals surface area contributed by atoms with Crippen molar-refractivity contribution in [2.75, 3.05) is 7.05 Å². The van der Waals surface area contributed by atoms with Crippen LogP contribution in [0, 0.1) is 18.3 Å². The highest BCUT2D eigenvalue weighted by Gasteiger charge is 2.37. The lowest BCUT2D eigenvalue weighted by Crippen LogP contribution is -2.30. The quantitative estimate of drug-likeness (QED) is 0.748. The summed E-state index contributed by atoms with van der Waals surface area (Å²) >= 11 is 0. The summed E-state index contributed by atoms with van der Waals surface area (Å²) in [5.74, 6) is 0.631. The second kappa shape index (κ2) is 8.09. The third-order valence-electron chi connectivity index (χ3n) is 5.67. The minimum Gasteiger partial charge on any atom is -0.348 e. The molecule has 0 aliphatic heterocycles. The number of hydrogen-bond donors (Lipinski definition) is 0. The molecule has 0 unspecified atom stereocenters. The first-order chi connectivity index (χ1) is 13.6. The molecule has 0 atom stereocenters. The van der Waals surface area contributed by atoms with Gasteiger partial charge in [0.2, 0.25) is 5.91 Å². The van der Waals surface area contributed by atoms with E-state index in [1.807, 2.05) is 13.0 Å².